The molecule has 1 aromatic heterocycles. The zero-order chi connectivity index (χ0) is 20.1. The van der Waals surface area contributed by atoms with Crippen molar-refractivity contribution in [2.75, 3.05) is 32.7 Å². The van der Waals surface area contributed by atoms with Gasteiger partial charge in [-0.05, 0) is 19.1 Å². The Morgan fingerprint density at radius 3 is 2.89 bits per heavy atom. The summed E-state index contributed by atoms with van der Waals surface area (Å²) in [5.74, 6) is -0.252. The number of hydrogen-bond acceptors (Lipinski definition) is 9. The summed E-state index contributed by atoms with van der Waals surface area (Å²) in [6.07, 6.45) is 0.400. The molecule has 0 bridgehead atoms. The number of hydrogen-bond donors (Lipinski definition) is 1. The summed E-state index contributed by atoms with van der Waals surface area (Å²) in [7, 11) is 1.45. The van der Waals surface area contributed by atoms with Gasteiger partial charge in [0.1, 0.15) is 23.7 Å². The first kappa shape index (κ1) is 19.4. The van der Waals surface area contributed by atoms with Crippen LogP contribution in [0.4, 0.5) is 5.82 Å². The summed E-state index contributed by atoms with van der Waals surface area (Å²) >= 11 is 0. The first-order valence-electron chi connectivity index (χ1n) is 8.75. The van der Waals surface area contributed by atoms with E-state index in [1.807, 2.05) is 0 Å². The van der Waals surface area contributed by atoms with Gasteiger partial charge in [-0.25, -0.2) is 9.78 Å². The first-order chi connectivity index (χ1) is 13.6. The Hall–Kier alpha value is -3.38. The molecule has 9 nitrogen and oxygen atoms in total. The second kappa shape index (κ2) is 8.54. The molecule has 1 aliphatic heterocycles. The van der Waals surface area contributed by atoms with Crippen molar-refractivity contribution in [2.24, 2.45) is 0 Å². The summed E-state index contributed by atoms with van der Waals surface area (Å²) in [4.78, 5) is 21.0. The third kappa shape index (κ3) is 3.82. The van der Waals surface area contributed by atoms with Crippen LogP contribution in [-0.4, -0.2) is 49.0 Å². The minimum Gasteiger partial charge on any atom is -0.495 e. The number of nitrogens with two attached hydrogens (primary N) is 1. The maximum absolute atomic E-state index is 12.4. The van der Waals surface area contributed by atoms with E-state index >= 15 is 0 Å². The van der Waals surface area contributed by atoms with Crippen molar-refractivity contribution in [3.05, 3.63) is 29.3 Å². The standard InChI is InChI=1S/C19H20N4O5/c1-3-27-19(24)14-16(21)22-17(23-18(14)28-12-7-8-26-10-12)13-6-4-5-11(9-20)15(13)25-2/h4-6,12H,3,7-8,10H2,1-2H3,(H2,21,22,23)/t12-/m0/s1. The minimum atomic E-state index is -0.668. The summed E-state index contributed by atoms with van der Waals surface area (Å²) in [6.45, 7) is 2.80. The Labute approximate surface area is 162 Å². The maximum atomic E-state index is 12.4. The van der Waals surface area contributed by atoms with E-state index in [1.54, 1.807) is 25.1 Å². The highest BCUT2D eigenvalue weighted by atomic mass is 16.6. The number of ether oxygens (including phenoxy) is 4. The van der Waals surface area contributed by atoms with Gasteiger partial charge >= 0.3 is 5.97 Å². The van der Waals surface area contributed by atoms with E-state index in [-0.39, 0.29) is 35.8 Å². The number of nitrogen functional groups attached to an aromatic ring is 1. The molecule has 3 rings (SSSR count). The van der Waals surface area contributed by atoms with Crippen LogP contribution in [0.5, 0.6) is 11.6 Å². The molecule has 1 aliphatic rings. The third-order valence-electron chi connectivity index (χ3n) is 4.13. The number of para-hydroxylation sites is 1. The average molecular weight is 384 g/mol. The second-order valence-electron chi connectivity index (χ2n) is 5.93. The Kier molecular flexibility index (Phi) is 5.91. The van der Waals surface area contributed by atoms with Gasteiger partial charge in [0.25, 0.3) is 0 Å². The van der Waals surface area contributed by atoms with Crippen molar-refractivity contribution in [1.29, 1.82) is 5.26 Å². The number of anilines is 1. The van der Waals surface area contributed by atoms with E-state index in [4.69, 9.17) is 24.7 Å². The van der Waals surface area contributed by atoms with Gasteiger partial charge in [-0.2, -0.15) is 10.2 Å². The molecule has 1 fully saturated rings. The molecule has 0 unspecified atom stereocenters. The molecular weight excluding hydrogens is 364 g/mol. The monoisotopic (exact) mass is 384 g/mol. The van der Waals surface area contributed by atoms with E-state index < -0.39 is 5.97 Å². The Morgan fingerprint density at radius 2 is 2.25 bits per heavy atom. The molecule has 1 aromatic carbocycles. The zero-order valence-corrected chi connectivity index (χ0v) is 15.6. The minimum absolute atomic E-state index is 0.0147. The van der Waals surface area contributed by atoms with Crippen LogP contribution in [0, 0.1) is 11.3 Å². The van der Waals surface area contributed by atoms with Gasteiger partial charge in [-0.1, -0.05) is 6.07 Å². The van der Waals surface area contributed by atoms with Crippen LogP contribution in [0.3, 0.4) is 0 Å². The topological polar surface area (TPSA) is 130 Å². The van der Waals surface area contributed by atoms with Gasteiger partial charge in [-0.3, -0.25) is 0 Å². The van der Waals surface area contributed by atoms with Crippen molar-refractivity contribution in [1.82, 2.24) is 9.97 Å². The largest absolute Gasteiger partial charge is 0.495 e. The number of carbonyl (C=O) groups excluding carboxylic acids is 1. The SMILES string of the molecule is CCOC(=O)c1c(N)nc(-c2cccc(C#N)c2OC)nc1O[C@H]1CCOC1. The molecule has 0 spiro atoms. The average Bonchev–Trinajstić information content (AvgIpc) is 3.20. The fourth-order valence-corrected chi connectivity index (χ4v) is 2.84. The third-order valence-corrected chi connectivity index (χ3v) is 4.13. The number of nitriles is 1. The Balaban J connectivity index is 2.12. The molecular formula is C19H20N4O5. The molecule has 1 atom stereocenters. The normalized spacial score (nSPS) is 15.7. The second-order valence-corrected chi connectivity index (χ2v) is 5.93. The van der Waals surface area contributed by atoms with Crippen molar-refractivity contribution in [3.8, 4) is 29.1 Å². The lowest BCUT2D eigenvalue weighted by atomic mass is 10.1. The number of carbonyl (C=O) groups is 1. The van der Waals surface area contributed by atoms with Crippen LogP contribution in [0.2, 0.25) is 0 Å². The molecule has 2 N–H and O–H groups in total. The summed E-state index contributed by atoms with van der Waals surface area (Å²) < 4.78 is 21.6. The predicted molar refractivity (Wildman–Crippen MR) is 99.0 cm³/mol. The van der Waals surface area contributed by atoms with E-state index in [0.29, 0.717) is 36.5 Å². The highest BCUT2D eigenvalue weighted by molar-refractivity contribution is 5.97. The highest BCUT2D eigenvalue weighted by Crippen LogP contribution is 2.34. The lowest BCUT2D eigenvalue weighted by Crippen LogP contribution is -2.21. The van der Waals surface area contributed by atoms with Crippen molar-refractivity contribution in [2.45, 2.75) is 19.4 Å². The van der Waals surface area contributed by atoms with Crippen LogP contribution in [0.25, 0.3) is 11.4 Å². The van der Waals surface area contributed by atoms with Crippen LogP contribution in [-0.2, 0) is 9.47 Å². The van der Waals surface area contributed by atoms with E-state index in [0.717, 1.165) is 0 Å². The van der Waals surface area contributed by atoms with E-state index in [2.05, 4.69) is 16.0 Å². The number of esters is 1. The number of benzene rings is 1. The number of methoxy groups -OCH3 is 1. The molecule has 146 valence electrons. The Bertz CT molecular complexity index is 919. The van der Waals surface area contributed by atoms with Gasteiger partial charge in [-0.15, -0.1) is 0 Å². The molecule has 9 heteroatoms. The summed E-state index contributed by atoms with van der Waals surface area (Å²) in [6, 6.07) is 7.05. The lowest BCUT2D eigenvalue weighted by molar-refractivity contribution is 0.0517. The van der Waals surface area contributed by atoms with Crippen LogP contribution in [0.15, 0.2) is 18.2 Å². The van der Waals surface area contributed by atoms with Crippen LogP contribution < -0.4 is 15.2 Å². The lowest BCUT2D eigenvalue weighted by Gasteiger charge is -2.17. The number of nitrogens with zero attached hydrogens (tertiary/aromatic N) is 3. The zero-order valence-electron chi connectivity index (χ0n) is 15.6. The Morgan fingerprint density at radius 1 is 1.43 bits per heavy atom. The molecule has 0 saturated carbocycles. The van der Waals surface area contributed by atoms with E-state index in [9.17, 15) is 10.1 Å². The fourth-order valence-electron chi connectivity index (χ4n) is 2.84. The molecule has 0 amide bonds. The summed E-state index contributed by atoms with van der Waals surface area (Å²) in [5, 5.41) is 9.30. The maximum Gasteiger partial charge on any atom is 0.347 e. The molecule has 2 heterocycles. The molecule has 0 radical (unpaired) electrons. The number of rotatable bonds is 6. The molecule has 0 aliphatic carbocycles. The fraction of sp³-hybridized carbons (Fsp3) is 0.368. The predicted octanol–water partition coefficient (Wildman–Crippen LogP) is 1.95. The van der Waals surface area contributed by atoms with Gasteiger partial charge in [0.2, 0.25) is 5.88 Å². The molecule has 1 saturated heterocycles. The summed E-state index contributed by atoms with van der Waals surface area (Å²) in [5.41, 5.74) is 6.80. The van der Waals surface area contributed by atoms with Crippen molar-refractivity contribution in [3.63, 3.8) is 0 Å². The van der Waals surface area contributed by atoms with Gasteiger partial charge in [0.15, 0.2) is 11.4 Å². The smallest absolute Gasteiger partial charge is 0.347 e. The molecule has 2 aromatic rings. The highest BCUT2D eigenvalue weighted by Gasteiger charge is 2.27. The first-order valence-corrected chi connectivity index (χ1v) is 8.75. The van der Waals surface area contributed by atoms with Crippen LogP contribution in [0.1, 0.15) is 29.3 Å². The van der Waals surface area contributed by atoms with Crippen LogP contribution >= 0.6 is 0 Å². The van der Waals surface area contributed by atoms with Crippen molar-refractivity contribution < 1.29 is 23.7 Å². The van der Waals surface area contributed by atoms with Crippen molar-refractivity contribution >= 4 is 11.8 Å². The molecule has 28 heavy (non-hydrogen) atoms. The number of aromatic nitrogens is 2. The van der Waals surface area contributed by atoms with E-state index in [1.165, 1.54) is 7.11 Å². The van der Waals surface area contributed by atoms with Gasteiger partial charge in [0.05, 0.1) is 38.1 Å². The quantitative estimate of drug-likeness (QED) is 0.743. The van der Waals surface area contributed by atoms with Gasteiger partial charge < -0.3 is 24.7 Å². The van der Waals surface area contributed by atoms with Gasteiger partial charge in [0, 0.05) is 6.42 Å².